The van der Waals surface area contributed by atoms with E-state index in [1.807, 2.05) is 0 Å². The van der Waals surface area contributed by atoms with Gasteiger partial charge in [-0.2, -0.15) is 0 Å². The van der Waals surface area contributed by atoms with Gasteiger partial charge >= 0.3 is 0 Å². The standard InChI is InChI=1S/C22H34N2/c1-4-23(5-2)15-9-16-24-14-8-12-22(13-17-24)18-20-10-6-7-11-21(20)19(22)3/h6-7,10-11H,3-5,8-9,12-18H2,1-2H3. The van der Waals surface area contributed by atoms with Crippen molar-refractivity contribution < 1.29 is 0 Å². The van der Waals surface area contributed by atoms with Crippen LogP contribution in [0.1, 0.15) is 50.7 Å². The zero-order chi connectivity index (χ0) is 17.0. The average molecular weight is 327 g/mol. The van der Waals surface area contributed by atoms with E-state index in [9.17, 15) is 0 Å². The summed E-state index contributed by atoms with van der Waals surface area (Å²) in [6, 6.07) is 8.93. The summed E-state index contributed by atoms with van der Waals surface area (Å²) in [5.74, 6) is 0. The molecule has 1 aliphatic heterocycles. The topological polar surface area (TPSA) is 6.48 Å². The van der Waals surface area contributed by atoms with E-state index in [-0.39, 0.29) is 0 Å². The zero-order valence-corrected chi connectivity index (χ0v) is 15.7. The van der Waals surface area contributed by atoms with Crippen molar-refractivity contribution in [3.05, 3.63) is 42.0 Å². The minimum absolute atomic E-state index is 0.345. The van der Waals surface area contributed by atoms with Gasteiger partial charge in [-0.15, -0.1) is 0 Å². The van der Waals surface area contributed by atoms with Crippen LogP contribution in [0.15, 0.2) is 30.8 Å². The van der Waals surface area contributed by atoms with Crippen molar-refractivity contribution in [2.75, 3.05) is 39.3 Å². The summed E-state index contributed by atoms with van der Waals surface area (Å²) >= 11 is 0. The van der Waals surface area contributed by atoms with Crippen molar-refractivity contribution in [2.24, 2.45) is 5.41 Å². The number of hydrogen-bond acceptors (Lipinski definition) is 2. The number of nitrogens with zero attached hydrogens (tertiary/aromatic N) is 2. The van der Waals surface area contributed by atoms with Crippen LogP contribution in [-0.4, -0.2) is 49.1 Å². The van der Waals surface area contributed by atoms with Gasteiger partial charge in [0.15, 0.2) is 0 Å². The number of hydrogen-bond donors (Lipinski definition) is 0. The number of rotatable bonds is 6. The van der Waals surface area contributed by atoms with E-state index in [0.29, 0.717) is 5.41 Å². The Hall–Kier alpha value is -1.12. The lowest BCUT2D eigenvalue weighted by atomic mass is 9.75. The fourth-order valence-corrected chi connectivity index (χ4v) is 4.74. The molecule has 1 atom stereocenters. The second-order valence-corrected chi connectivity index (χ2v) is 7.67. The molecule has 0 saturated carbocycles. The first-order valence-corrected chi connectivity index (χ1v) is 9.91. The fraction of sp³-hybridized carbons (Fsp3) is 0.636. The SMILES string of the molecule is C=C1c2ccccc2CC12CCCN(CCCN(CC)CC)CC2. The summed E-state index contributed by atoms with van der Waals surface area (Å²) in [4.78, 5) is 5.24. The molecule has 132 valence electrons. The third-order valence-electron chi connectivity index (χ3n) is 6.39. The first kappa shape index (κ1) is 17.7. The van der Waals surface area contributed by atoms with Crippen LogP contribution in [0.4, 0.5) is 0 Å². The molecule has 24 heavy (non-hydrogen) atoms. The highest BCUT2D eigenvalue weighted by molar-refractivity contribution is 5.75. The molecule has 0 radical (unpaired) electrons. The summed E-state index contributed by atoms with van der Waals surface area (Å²) < 4.78 is 0. The maximum Gasteiger partial charge on any atom is 0.000634 e. The van der Waals surface area contributed by atoms with Crippen LogP contribution in [0.2, 0.25) is 0 Å². The minimum atomic E-state index is 0.345. The molecule has 1 aliphatic carbocycles. The van der Waals surface area contributed by atoms with Gasteiger partial charge in [-0.3, -0.25) is 0 Å². The first-order valence-electron chi connectivity index (χ1n) is 9.91. The Morgan fingerprint density at radius 3 is 2.67 bits per heavy atom. The van der Waals surface area contributed by atoms with Crippen LogP contribution < -0.4 is 0 Å². The highest BCUT2D eigenvalue weighted by Gasteiger charge is 2.41. The van der Waals surface area contributed by atoms with E-state index in [1.165, 1.54) is 88.1 Å². The van der Waals surface area contributed by atoms with E-state index in [1.54, 1.807) is 0 Å². The third-order valence-corrected chi connectivity index (χ3v) is 6.39. The largest absolute Gasteiger partial charge is 0.304 e. The van der Waals surface area contributed by atoms with Gasteiger partial charge in [0.25, 0.3) is 0 Å². The van der Waals surface area contributed by atoms with E-state index in [2.05, 4.69) is 54.5 Å². The lowest BCUT2D eigenvalue weighted by Crippen LogP contribution is -2.31. The summed E-state index contributed by atoms with van der Waals surface area (Å²) in [5.41, 5.74) is 4.73. The van der Waals surface area contributed by atoms with E-state index in [0.717, 1.165) is 0 Å². The van der Waals surface area contributed by atoms with Gasteiger partial charge in [-0.1, -0.05) is 44.7 Å². The predicted octanol–water partition coefficient (Wildman–Crippen LogP) is 4.46. The van der Waals surface area contributed by atoms with E-state index >= 15 is 0 Å². The molecule has 3 rings (SSSR count). The Labute approximate surface area is 148 Å². The normalized spacial score (nSPS) is 24.5. The van der Waals surface area contributed by atoms with Crippen molar-refractivity contribution >= 4 is 5.57 Å². The van der Waals surface area contributed by atoms with Crippen molar-refractivity contribution in [2.45, 2.75) is 46.0 Å². The van der Waals surface area contributed by atoms with Gasteiger partial charge in [0.2, 0.25) is 0 Å². The van der Waals surface area contributed by atoms with Crippen LogP contribution in [-0.2, 0) is 6.42 Å². The summed E-state index contributed by atoms with van der Waals surface area (Å²) in [5, 5.41) is 0. The maximum atomic E-state index is 4.52. The van der Waals surface area contributed by atoms with Crippen molar-refractivity contribution in [3.8, 4) is 0 Å². The molecular weight excluding hydrogens is 292 g/mol. The molecule has 1 unspecified atom stereocenters. The summed E-state index contributed by atoms with van der Waals surface area (Å²) in [7, 11) is 0. The van der Waals surface area contributed by atoms with E-state index < -0.39 is 0 Å². The Kier molecular flexibility index (Phi) is 5.78. The van der Waals surface area contributed by atoms with Crippen LogP contribution in [0.5, 0.6) is 0 Å². The Morgan fingerprint density at radius 1 is 1.12 bits per heavy atom. The molecule has 2 heteroatoms. The van der Waals surface area contributed by atoms with Crippen LogP contribution in [0.3, 0.4) is 0 Å². The maximum absolute atomic E-state index is 4.52. The van der Waals surface area contributed by atoms with Gasteiger partial charge < -0.3 is 9.80 Å². The van der Waals surface area contributed by atoms with Crippen LogP contribution >= 0.6 is 0 Å². The monoisotopic (exact) mass is 326 g/mol. The molecular formula is C22H34N2. The molecule has 0 bridgehead atoms. The summed E-state index contributed by atoms with van der Waals surface area (Å²) in [6.45, 7) is 16.4. The number of fused-ring (bicyclic) bond motifs is 1. The van der Waals surface area contributed by atoms with Gasteiger partial charge in [-0.25, -0.2) is 0 Å². The molecule has 1 aromatic carbocycles. The van der Waals surface area contributed by atoms with Crippen molar-refractivity contribution in [1.82, 2.24) is 9.80 Å². The smallest absolute Gasteiger partial charge is 0.000634 e. The summed E-state index contributed by atoms with van der Waals surface area (Å²) in [6.07, 6.45) is 6.43. The Bertz CT molecular complexity index is 561. The Balaban J connectivity index is 1.56. The minimum Gasteiger partial charge on any atom is -0.304 e. The third kappa shape index (κ3) is 3.60. The van der Waals surface area contributed by atoms with Crippen LogP contribution in [0, 0.1) is 5.41 Å². The first-order chi connectivity index (χ1) is 11.7. The fourth-order valence-electron chi connectivity index (χ4n) is 4.74. The quantitative estimate of drug-likeness (QED) is 0.761. The molecule has 1 aromatic rings. The van der Waals surface area contributed by atoms with Gasteiger partial charge in [0.1, 0.15) is 0 Å². The van der Waals surface area contributed by atoms with Gasteiger partial charge in [0, 0.05) is 5.41 Å². The Morgan fingerprint density at radius 2 is 1.92 bits per heavy atom. The molecule has 0 amide bonds. The van der Waals surface area contributed by atoms with Crippen molar-refractivity contribution in [1.29, 1.82) is 0 Å². The number of allylic oxidation sites excluding steroid dienone is 1. The second-order valence-electron chi connectivity index (χ2n) is 7.67. The molecule has 2 aliphatic rings. The molecule has 0 N–H and O–H groups in total. The molecule has 1 spiro atoms. The molecule has 1 fully saturated rings. The van der Waals surface area contributed by atoms with Crippen molar-refractivity contribution in [3.63, 3.8) is 0 Å². The predicted molar refractivity (Wildman–Crippen MR) is 104 cm³/mol. The highest BCUT2D eigenvalue weighted by atomic mass is 15.1. The molecule has 0 aromatic heterocycles. The van der Waals surface area contributed by atoms with E-state index in [4.69, 9.17) is 0 Å². The average Bonchev–Trinajstić information content (AvgIpc) is 2.75. The van der Waals surface area contributed by atoms with Crippen LogP contribution in [0.25, 0.3) is 5.57 Å². The van der Waals surface area contributed by atoms with Gasteiger partial charge in [-0.05, 0) is 88.1 Å². The lowest BCUT2D eigenvalue weighted by molar-refractivity contribution is 0.236. The highest BCUT2D eigenvalue weighted by Crippen LogP contribution is 2.51. The second kappa shape index (κ2) is 7.84. The molecule has 1 heterocycles. The number of likely N-dealkylation sites (tertiary alicyclic amines) is 1. The zero-order valence-electron chi connectivity index (χ0n) is 15.7. The lowest BCUT2D eigenvalue weighted by Gasteiger charge is -2.29. The molecule has 2 nitrogen and oxygen atoms in total. The number of benzene rings is 1. The van der Waals surface area contributed by atoms with Gasteiger partial charge in [0.05, 0.1) is 0 Å². The molecule has 1 saturated heterocycles.